The SMILES string of the molecule is CCc1nc(CC)n(-c2nc3ccccc3cc2CBr)n1. The second-order valence-electron chi connectivity index (χ2n) is 4.86. The molecule has 0 bridgehead atoms. The third-order valence-electron chi connectivity index (χ3n) is 3.48. The van der Waals surface area contributed by atoms with Gasteiger partial charge in [-0.2, -0.15) is 4.68 Å². The van der Waals surface area contributed by atoms with E-state index < -0.39 is 0 Å². The van der Waals surface area contributed by atoms with Crippen molar-refractivity contribution in [3.8, 4) is 5.82 Å². The van der Waals surface area contributed by atoms with Crippen molar-refractivity contribution in [1.29, 1.82) is 0 Å². The lowest BCUT2D eigenvalue weighted by atomic mass is 10.1. The number of alkyl halides is 1. The van der Waals surface area contributed by atoms with Gasteiger partial charge in [0.15, 0.2) is 11.6 Å². The molecule has 0 spiro atoms. The number of aryl methyl sites for hydroxylation is 2. The number of benzene rings is 1. The quantitative estimate of drug-likeness (QED) is 0.675. The third kappa shape index (κ3) is 2.58. The monoisotopic (exact) mass is 344 g/mol. The van der Waals surface area contributed by atoms with Crippen molar-refractivity contribution in [1.82, 2.24) is 19.7 Å². The fourth-order valence-corrected chi connectivity index (χ4v) is 2.78. The van der Waals surface area contributed by atoms with Crippen LogP contribution in [0.5, 0.6) is 0 Å². The van der Waals surface area contributed by atoms with Crippen LogP contribution in [-0.4, -0.2) is 19.7 Å². The Hall–Kier alpha value is -1.75. The highest BCUT2D eigenvalue weighted by atomic mass is 79.9. The number of hydrogen-bond acceptors (Lipinski definition) is 3. The van der Waals surface area contributed by atoms with Crippen molar-refractivity contribution in [2.24, 2.45) is 0 Å². The van der Waals surface area contributed by atoms with Gasteiger partial charge in [0.1, 0.15) is 5.82 Å². The zero-order valence-corrected chi connectivity index (χ0v) is 13.8. The predicted molar refractivity (Wildman–Crippen MR) is 88.0 cm³/mol. The minimum absolute atomic E-state index is 0.741. The third-order valence-corrected chi connectivity index (χ3v) is 4.08. The molecule has 0 N–H and O–H groups in total. The van der Waals surface area contributed by atoms with Gasteiger partial charge in [0.05, 0.1) is 5.52 Å². The first-order chi connectivity index (χ1) is 10.3. The normalized spacial score (nSPS) is 11.2. The van der Waals surface area contributed by atoms with Gasteiger partial charge in [-0.1, -0.05) is 48.0 Å². The molecule has 5 heteroatoms. The summed E-state index contributed by atoms with van der Waals surface area (Å²) in [5, 5.41) is 6.49. The first kappa shape index (κ1) is 14.2. The zero-order valence-electron chi connectivity index (χ0n) is 12.2. The second kappa shape index (κ2) is 5.93. The van der Waals surface area contributed by atoms with E-state index in [1.54, 1.807) is 0 Å². The van der Waals surface area contributed by atoms with Gasteiger partial charge >= 0.3 is 0 Å². The van der Waals surface area contributed by atoms with Gasteiger partial charge in [-0.15, -0.1) is 5.10 Å². The first-order valence-electron chi connectivity index (χ1n) is 7.16. The van der Waals surface area contributed by atoms with Gasteiger partial charge in [-0.25, -0.2) is 9.97 Å². The standard InChI is InChI=1S/C16H17BrN4/c1-3-14-19-15(4-2)21(20-14)16-12(10-17)9-11-7-5-6-8-13(11)18-16/h5-9H,3-4,10H2,1-2H3. The van der Waals surface area contributed by atoms with E-state index in [-0.39, 0.29) is 0 Å². The summed E-state index contributed by atoms with van der Waals surface area (Å²) in [7, 11) is 0. The van der Waals surface area contributed by atoms with Crippen molar-refractivity contribution in [3.63, 3.8) is 0 Å². The smallest absolute Gasteiger partial charge is 0.160 e. The van der Waals surface area contributed by atoms with Gasteiger partial charge in [0.2, 0.25) is 0 Å². The van der Waals surface area contributed by atoms with E-state index in [1.807, 2.05) is 22.9 Å². The molecule has 0 saturated carbocycles. The molecule has 0 aliphatic heterocycles. The lowest BCUT2D eigenvalue weighted by Crippen LogP contribution is -2.08. The lowest BCUT2D eigenvalue weighted by molar-refractivity contribution is 0.766. The van der Waals surface area contributed by atoms with Gasteiger partial charge in [0, 0.05) is 29.1 Å². The average molecular weight is 345 g/mol. The van der Waals surface area contributed by atoms with Crippen LogP contribution in [0.2, 0.25) is 0 Å². The molecule has 0 aliphatic rings. The molecule has 0 fully saturated rings. The van der Waals surface area contributed by atoms with Gasteiger partial charge in [-0.3, -0.25) is 0 Å². The molecule has 3 rings (SSSR count). The number of hydrogen-bond donors (Lipinski definition) is 0. The number of para-hydroxylation sites is 1. The summed E-state index contributed by atoms with van der Waals surface area (Å²) in [5.74, 6) is 2.69. The Labute approximate surface area is 132 Å². The zero-order chi connectivity index (χ0) is 14.8. The number of halogens is 1. The summed E-state index contributed by atoms with van der Waals surface area (Å²) >= 11 is 3.56. The van der Waals surface area contributed by atoms with Crippen LogP contribution in [0.4, 0.5) is 0 Å². The van der Waals surface area contributed by atoms with Crippen LogP contribution >= 0.6 is 15.9 Å². The van der Waals surface area contributed by atoms with E-state index in [4.69, 9.17) is 4.98 Å². The van der Waals surface area contributed by atoms with Crippen molar-refractivity contribution >= 4 is 26.8 Å². The van der Waals surface area contributed by atoms with Crippen molar-refractivity contribution in [3.05, 3.63) is 47.5 Å². The van der Waals surface area contributed by atoms with Crippen LogP contribution < -0.4 is 0 Å². The molecule has 0 saturated heterocycles. The Balaban J connectivity index is 2.25. The molecule has 108 valence electrons. The number of aromatic nitrogens is 4. The van der Waals surface area contributed by atoms with Crippen LogP contribution in [0.15, 0.2) is 30.3 Å². The molecule has 2 aromatic heterocycles. The highest BCUT2D eigenvalue weighted by molar-refractivity contribution is 9.08. The van der Waals surface area contributed by atoms with Crippen molar-refractivity contribution in [2.45, 2.75) is 32.0 Å². The van der Waals surface area contributed by atoms with Gasteiger partial charge in [-0.05, 0) is 12.1 Å². The van der Waals surface area contributed by atoms with E-state index in [2.05, 4.69) is 52.0 Å². The molecule has 0 aliphatic carbocycles. The Kier molecular flexibility index (Phi) is 4.01. The summed E-state index contributed by atoms with van der Waals surface area (Å²) in [6.45, 7) is 4.16. The maximum absolute atomic E-state index is 4.80. The molecule has 4 nitrogen and oxygen atoms in total. The molecule has 21 heavy (non-hydrogen) atoms. The molecule has 0 amide bonds. The Morgan fingerprint density at radius 1 is 1.10 bits per heavy atom. The summed E-state index contributed by atoms with van der Waals surface area (Å²) in [5.41, 5.74) is 2.10. The van der Waals surface area contributed by atoms with Crippen molar-refractivity contribution < 1.29 is 0 Å². The number of nitrogens with zero attached hydrogens (tertiary/aromatic N) is 4. The van der Waals surface area contributed by atoms with Gasteiger partial charge < -0.3 is 0 Å². The van der Waals surface area contributed by atoms with E-state index in [0.717, 1.165) is 52.1 Å². The Bertz CT molecular complexity index is 779. The molecule has 0 atom stereocenters. The molecule has 3 aromatic rings. The molecule has 0 radical (unpaired) electrons. The Morgan fingerprint density at radius 3 is 2.62 bits per heavy atom. The van der Waals surface area contributed by atoms with Crippen LogP contribution in [0.1, 0.15) is 31.1 Å². The molecule has 2 heterocycles. The predicted octanol–water partition coefficient (Wildman–Crippen LogP) is 3.84. The lowest BCUT2D eigenvalue weighted by Gasteiger charge is -2.10. The second-order valence-corrected chi connectivity index (χ2v) is 5.42. The van der Waals surface area contributed by atoms with E-state index >= 15 is 0 Å². The highest BCUT2D eigenvalue weighted by Crippen LogP contribution is 2.22. The maximum atomic E-state index is 4.80. The molecule has 1 aromatic carbocycles. The summed E-state index contributed by atoms with van der Waals surface area (Å²) in [6.07, 6.45) is 1.67. The minimum Gasteiger partial charge on any atom is -0.228 e. The highest BCUT2D eigenvalue weighted by Gasteiger charge is 2.14. The van der Waals surface area contributed by atoms with Crippen LogP contribution in [0, 0.1) is 0 Å². The van der Waals surface area contributed by atoms with Crippen LogP contribution in [0.25, 0.3) is 16.7 Å². The number of rotatable bonds is 4. The largest absolute Gasteiger partial charge is 0.228 e. The molecular weight excluding hydrogens is 328 g/mol. The fourth-order valence-electron chi connectivity index (χ4n) is 2.37. The van der Waals surface area contributed by atoms with E-state index in [0.29, 0.717) is 0 Å². The van der Waals surface area contributed by atoms with Crippen LogP contribution in [-0.2, 0) is 18.2 Å². The van der Waals surface area contributed by atoms with Crippen molar-refractivity contribution in [2.75, 3.05) is 0 Å². The molecular formula is C16H17BrN4. The van der Waals surface area contributed by atoms with E-state index in [9.17, 15) is 0 Å². The maximum Gasteiger partial charge on any atom is 0.160 e. The Morgan fingerprint density at radius 2 is 1.90 bits per heavy atom. The average Bonchev–Trinajstić information content (AvgIpc) is 2.96. The van der Waals surface area contributed by atoms with Crippen LogP contribution in [0.3, 0.4) is 0 Å². The number of fused-ring (bicyclic) bond motifs is 1. The number of pyridine rings is 1. The fraction of sp³-hybridized carbons (Fsp3) is 0.312. The van der Waals surface area contributed by atoms with Gasteiger partial charge in [0.25, 0.3) is 0 Å². The summed E-state index contributed by atoms with van der Waals surface area (Å²) in [6, 6.07) is 10.3. The summed E-state index contributed by atoms with van der Waals surface area (Å²) < 4.78 is 1.89. The molecule has 0 unspecified atom stereocenters. The topological polar surface area (TPSA) is 43.6 Å². The summed E-state index contributed by atoms with van der Waals surface area (Å²) in [4.78, 5) is 9.38. The minimum atomic E-state index is 0.741. The first-order valence-corrected chi connectivity index (χ1v) is 8.28. The van der Waals surface area contributed by atoms with E-state index in [1.165, 1.54) is 0 Å².